The summed E-state index contributed by atoms with van der Waals surface area (Å²) in [5, 5.41) is 9.88. The number of carbonyl (C=O) groups excluding carboxylic acids is 1. The van der Waals surface area contributed by atoms with Crippen molar-refractivity contribution in [3.63, 3.8) is 0 Å². The van der Waals surface area contributed by atoms with Gasteiger partial charge in [0.05, 0.1) is 12.5 Å². The number of carbonyl (C=O) groups is 1. The highest BCUT2D eigenvalue weighted by Gasteiger charge is 2.26. The first-order chi connectivity index (χ1) is 9.86. The molecule has 4 heteroatoms. The molecular weight excluding hydrogens is 286 g/mol. The summed E-state index contributed by atoms with van der Waals surface area (Å²) < 4.78 is 0. The van der Waals surface area contributed by atoms with Crippen LogP contribution in [0.25, 0.3) is 0 Å². The van der Waals surface area contributed by atoms with Crippen LogP contribution < -0.4 is 0 Å². The second-order valence-corrected chi connectivity index (χ2v) is 6.41. The van der Waals surface area contributed by atoms with Crippen molar-refractivity contribution in [3.8, 4) is 0 Å². The van der Waals surface area contributed by atoms with Crippen LogP contribution in [-0.2, 0) is 4.79 Å². The average Bonchev–Trinajstić information content (AvgIpc) is 2.43. The number of Topliss-reactive ketones (excluding diaryl/α,β-unsaturated/α-hetero) is 1. The molecule has 0 bridgehead atoms. The van der Waals surface area contributed by atoms with Crippen molar-refractivity contribution in [2.75, 3.05) is 19.7 Å². The smallest absolute Gasteiger partial charge is 0.144 e. The molecule has 1 atom stereocenters. The van der Waals surface area contributed by atoms with Crippen LogP contribution in [0.15, 0.2) is 24.3 Å². The van der Waals surface area contributed by atoms with Crippen LogP contribution in [0.5, 0.6) is 0 Å². The van der Waals surface area contributed by atoms with Gasteiger partial charge in [0.2, 0.25) is 0 Å². The summed E-state index contributed by atoms with van der Waals surface area (Å²) in [7, 11) is 0. The Labute approximate surface area is 132 Å². The SMILES string of the molecule is CC(C)C(=O)[C@H](CN(CCO)C(C)C)c1ccc(Cl)cc1. The molecule has 0 aliphatic carbocycles. The predicted molar refractivity (Wildman–Crippen MR) is 87.8 cm³/mol. The molecule has 118 valence electrons. The Bertz CT molecular complexity index is 443. The molecule has 1 rings (SSSR count). The van der Waals surface area contributed by atoms with Crippen molar-refractivity contribution in [1.82, 2.24) is 4.90 Å². The van der Waals surface area contributed by atoms with Gasteiger partial charge in [-0.1, -0.05) is 37.6 Å². The molecule has 1 N–H and O–H groups in total. The van der Waals surface area contributed by atoms with Crippen LogP contribution in [0.3, 0.4) is 0 Å². The van der Waals surface area contributed by atoms with Gasteiger partial charge >= 0.3 is 0 Å². The van der Waals surface area contributed by atoms with Gasteiger partial charge in [0, 0.05) is 30.1 Å². The molecule has 0 saturated heterocycles. The van der Waals surface area contributed by atoms with E-state index in [-0.39, 0.29) is 30.3 Å². The third-order valence-corrected chi connectivity index (χ3v) is 3.97. The summed E-state index contributed by atoms with van der Waals surface area (Å²) in [6, 6.07) is 7.77. The minimum absolute atomic E-state index is 0.0196. The molecule has 0 aliphatic heterocycles. The van der Waals surface area contributed by atoms with Crippen LogP contribution in [0, 0.1) is 5.92 Å². The monoisotopic (exact) mass is 311 g/mol. The van der Waals surface area contributed by atoms with E-state index in [0.717, 1.165) is 5.56 Å². The van der Waals surface area contributed by atoms with Crippen molar-refractivity contribution >= 4 is 17.4 Å². The average molecular weight is 312 g/mol. The van der Waals surface area contributed by atoms with E-state index >= 15 is 0 Å². The fraction of sp³-hybridized carbons (Fsp3) is 0.588. The number of ketones is 1. The Kier molecular flexibility index (Phi) is 7.36. The molecule has 1 aromatic rings. The van der Waals surface area contributed by atoms with Gasteiger partial charge in [0.1, 0.15) is 5.78 Å². The van der Waals surface area contributed by atoms with E-state index in [2.05, 4.69) is 18.7 Å². The van der Waals surface area contributed by atoms with Gasteiger partial charge in [-0.05, 0) is 31.5 Å². The molecule has 0 aliphatic rings. The van der Waals surface area contributed by atoms with E-state index in [1.807, 2.05) is 38.1 Å². The second kappa shape index (κ2) is 8.52. The molecule has 0 spiro atoms. The standard InChI is InChI=1S/C17H26ClNO2/c1-12(2)17(21)16(11-19(9-10-20)13(3)4)14-5-7-15(18)8-6-14/h5-8,12-13,16,20H,9-11H2,1-4H3/t16-/m1/s1. The molecular formula is C17H26ClNO2. The van der Waals surface area contributed by atoms with Gasteiger partial charge in [0.15, 0.2) is 0 Å². The zero-order valence-corrected chi connectivity index (χ0v) is 14.1. The maximum Gasteiger partial charge on any atom is 0.144 e. The number of nitrogens with zero attached hydrogens (tertiary/aromatic N) is 1. The second-order valence-electron chi connectivity index (χ2n) is 5.97. The Morgan fingerprint density at radius 1 is 1.19 bits per heavy atom. The largest absolute Gasteiger partial charge is 0.395 e. The lowest BCUT2D eigenvalue weighted by molar-refractivity contribution is -0.124. The fourth-order valence-electron chi connectivity index (χ4n) is 2.38. The Morgan fingerprint density at radius 3 is 2.19 bits per heavy atom. The molecule has 0 radical (unpaired) electrons. The van der Waals surface area contributed by atoms with Gasteiger partial charge < -0.3 is 5.11 Å². The third kappa shape index (κ3) is 5.42. The van der Waals surface area contributed by atoms with E-state index in [4.69, 9.17) is 11.6 Å². The minimum Gasteiger partial charge on any atom is -0.395 e. The van der Waals surface area contributed by atoms with Crippen molar-refractivity contribution < 1.29 is 9.90 Å². The number of hydrogen-bond acceptors (Lipinski definition) is 3. The zero-order chi connectivity index (χ0) is 16.0. The minimum atomic E-state index is -0.184. The van der Waals surface area contributed by atoms with E-state index < -0.39 is 0 Å². The van der Waals surface area contributed by atoms with E-state index in [9.17, 15) is 9.90 Å². The first-order valence-electron chi connectivity index (χ1n) is 7.51. The first kappa shape index (κ1) is 18.1. The maximum atomic E-state index is 12.6. The Morgan fingerprint density at radius 2 is 1.76 bits per heavy atom. The summed E-state index contributed by atoms with van der Waals surface area (Å²) in [5.74, 6) is 0.0194. The van der Waals surface area contributed by atoms with Crippen molar-refractivity contribution in [3.05, 3.63) is 34.9 Å². The summed E-state index contributed by atoms with van der Waals surface area (Å²) in [6.07, 6.45) is 0. The summed E-state index contributed by atoms with van der Waals surface area (Å²) in [5.41, 5.74) is 0.988. The normalized spacial score (nSPS) is 13.2. The number of benzene rings is 1. The van der Waals surface area contributed by atoms with Crippen LogP contribution in [0.1, 0.15) is 39.2 Å². The van der Waals surface area contributed by atoms with E-state index in [1.165, 1.54) is 0 Å². The zero-order valence-electron chi connectivity index (χ0n) is 13.3. The van der Waals surface area contributed by atoms with Gasteiger partial charge in [-0.2, -0.15) is 0 Å². The third-order valence-electron chi connectivity index (χ3n) is 3.72. The van der Waals surface area contributed by atoms with Crippen LogP contribution >= 0.6 is 11.6 Å². The van der Waals surface area contributed by atoms with Crippen LogP contribution in [0.2, 0.25) is 5.02 Å². The summed E-state index contributed by atoms with van der Waals surface area (Å²) in [4.78, 5) is 14.7. The molecule has 0 fully saturated rings. The molecule has 0 heterocycles. The highest BCUT2D eigenvalue weighted by molar-refractivity contribution is 6.30. The van der Waals surface area contributed by atoms with Crippen molar-refractivity contribution in [1.29, 1.82) is 0 Å². The van der Waals surface area contributed by atoms with Gasteiger partial charge in [-0.3, -0.25) is 9.69 Å². The lowest BCUT2D eigenvalue weighted by Gasteiger charge is -2.30. The number of hydrogen-bond donors (Lipinski definition) is 1. The van der Waals surface area contributed by atoms with Gasteiger partial charge in [0.25, 0.3) is 0 Å². The van der Waals surface area contributed by atoms with Gasteiger partial charge in [-0.25, -0.2) is 0 Å². The molecule has 0 saturated carbocycles. The van der Waals surface area contributed by atoms with E-state index in [0.29, 0.717) is 18.1 Å². The van der Waals surface area contributed by atoms with Crippen molar-refractivity contribution in [2.45, 2.75) is 39.7 Å². The van der Waals surface area contributed by atoms with Crippen molar-refractivity contribution in [2.24, 2.45) is 5.92 Å². The van der Waals surface area contributed by atoms with Gasteiger partial charge in [-0.15, -0.1) is 0 Å². The van der Waals surface area contributed by atoms with Crippen LogP contribution in [0.4, 0.5) is 0 Å². The molecule has 21 heavy (non-hydrogen) atoms. The Hall–Kier alpha value is -0.900. The summed E-state index contributed by atoms with van der Waals surface area (Å²) >= 11 is 5.94. The highest BCUT2D eigenvalue weighted by atomic mass is 35.5. The number of halogens is 1. The quantitative estimate of drug-likeness (QED) is 0.800. The first-order valence-corrected chi connectivity index (χ1v) is 7.88. The molecule has 1 aromatic carbocycles. The molecule has 3 nitrogen and oxygen atoms in total. The molecule has 0 aromatic heterocycles. The number of rotatable bonds is 8. The molecule has 0 unspecified atom stereocenters. The molecule has 0 amide bonds. The lowest BCUT2D eigenvalue weighted by Crippen LogP contribution is -2.39. The van der Waals surface area contributed by atoms with E-state index in [1.54, 1.807) is 0 Å². The maximum absolute atomic E-state index is 12.6. The lowest BCUT2D eigenvalue weighted by atomic mass is 9.88. The summed E-state index contributed by atoms with van der Waals surface area (Å²) in [6.45, 7) is 9.31. The number of aliphatic hydroxyl groups excluding tert-OH is 1. The predicted octanol–water partition coefficient (Wildman–Crippen LogP) is 3.35. The topological polar surface area (TPSA) is 40.5 Å². The fourth-order valence-corrected chi connectivity index (χ4v) is 2.51. The van der Waals surface area contributed by atoms with Crippen LogP contribution in [-0.4, -0.2) is 41.5 Å². The Balaban J connectivity index is 3.02. The number of aliphatic hydroxyl groups is 1. The highest BCUT2D eigenvalue weighted by Crippen LogP contribution is 2.24.